The van der Waals surface area contributed by atoms with Crippen molar-refractivity contribution in [3.05, 3.63) is 18.7 Å². The van der Waals surface area contributed by atoms with Gasteiger partial charge in [0.25, 0.3) is 0 Å². The number of nitrogens with zero attached hydrogens (tertiary/aromatic N) is 2. The average molecular weight is 228 g/mol. The van der Waals surface area contributed by atoms with E-state index < -0.39 is 0 Å². The van der Waals surface area contributed by atoms with Crippen molar-refractivity contribution < 1.29 is 0 Å². The van der Waals surface area contributed by atoms with Gasteiger partial charge in [0.1, 0.15) is 0 Å². The van der Waals surface area contributed by atoms with Crippen molar-refractivity contribution in [1.82, 2.24) is 14.9 Å². The lowest BCUT2D eigenvalue weighted by molar-refractivity contribution is 0.487. The first-order valence-electron chi connectivity index (χ1n) is 5.57. The second-order valence-electron chi connectivity index (χ2n) is 4.46. The van der Waals surface area contributed by atoms with Crippen LogP contribution in [0.3, 0.4) is 0 Å². The Bertz CT molecular complexity index is 280. The molecule has 1 fully saturated rings. The Morgan fingerprint density at radius 2 is 2.33 bits per heavy atom. The molecule has 1 aliphatic carbocycles. The van der Waals surface area contributed by atoms with Gasteiger partial charge in [0.15, 0.2) is 0 Å². The quantitative estimate of drug-likeness (QED) is 0.570. The van der Waals surface area contributed by atoms with Crippen molar-refractivity contribution in [2.45, 2.75) is 25.8 Å². The molecule has 0 bridgehead atoms. The maximum Gasteiger partial charge on any atom is 0.0945 e. The highest BCUT2D eigenvalue weighted by Crippen LogP contribution is 2.45. The number of halogens is 1. The molecule has 2 rings (SSSR count). The summed E-state index contributed by atoms with van der Waals surface area (Å²) in [6.07, 6.45) is 9.42. The van der Waals surface area contributed by atoms with E-state index in [9.17, 15) is 0 Å². The number of alkyl halides is 1. The standard InChI is InChI=1S/C11H18ClN3/c12-8-11(2-3-11)9-13-4-1-6-15-7-5-14-10-15/h5,7,10,13H,1-4,6,8-9H2. The monoisotopic (exact) mass is 227 g/mol. The molecule has 1 N–H and O–H groups in total. The molecular formula is C11H18ClN3. The van der Waals surface area contributed by atoms with Gasteiger partial charge in [-0.25, -0.2) is 4.98 Å². The molecule has 0 amide bonds. The van der Waals surface area contributed by atoms with Crippen molar-refractivity contribution in [2.75, 3.05) is 19.0 Å². The molecule has 1 saturated carbocycles. The van der Waals surface area contributed by atoms with Gasteiger partial charge in [0.05, 0.1) is 6.33 Å². The van der Waals surface area contributed by atoms with Gasteiger partial charge in [0, 0.05) is 31.4 Å². The summed E-state index contributed by atoms with van der Waals surface area (Å²) >= 11 is 5.90. The van der Waals surface area contributed by atoms with Crippen LogP contribution in [-0.2, 0) is 6.54 Å². The van der Waals surface area contributed by atoms with Crippen LogP contribution in [-0.4, -0.2) is 28.5 Å². The maximum atomic E-state index is 5.90. The van der Waals surface area contributed by atoms with Gasteiger partial charge in [-0.2, -0.15) is 0 Å². The molecule has 1 heterocycles. The van der Waals surface area contributed by atoms with Crippen LogP contribution in [0.1, 0.15) is 19.3 Å². The lowest BCUT2D eigenvalue weighted by Gasteiger charge is -2.12. The van der Waals surface area contributed by atoms with E-state index in [1.54, 1.807) is 0 Å². The molecular weight excluding hydrogens is 210 g/mol. The maximum absolute atomic E-state index is 5.90. The molecule has 3 nitrogen and oxygen atoms in total. The topological polar surface area (TPSA) is 29.9 Å². The Kier molecular flexibility index (Phi) is 3.65. The Balaban J connectivity index is 1.52. The van der Waals surface area contributed by atoms with Crippen LogP contribution >= 0.6 is 11.6 Å². The zero-order valence-corrected chi connectivity index (χ0v) is 9.71. The van der Waals surface area contributed by atoms with Crippen molar-refractivity contribution >= 4 is 11.6 Å². The minimum atomic E-state index is 0.441. The van der Waals surface area contributed by atoms with E-state index in [1.807, 2.05) is 18.7 Å². The summed E-state index contributed by atoms with van der Waals surface area (Å²) in [5, 5.41) is 3.48. The summed E-state index contributed by atoms with van der Waals surface area (Å²) in [5.74, 6) is 0.807. The van der Waals surface area contributed by atoms with Crippen LogP contribution in [0.5, 0.6) is 0 Å². The van der Waals surface area contributed by atoms with Crippen molar-refractivity contribution in [2.24, 2.45) is 5.41 Å². The zero-order valence-electron chi connectivity index (χ0n) is 8.95. The van der Waals surface area contributed by atoms with E-state index in [1.165, 1.54) is 12.8 Å². The van der Waals surface area contributed by atoms with Crippen LogP contribution in [0, 0.1) is 5.41 Å². The van der Waals surface area contributed by atoms with E-state index in [0.717, 1.165) is 31.9 Å². The van der Waals surface area contributed by atoms with E-state index >= 15 is 0 Å². The van der Waals surface area contributed by atoms with Gasteiger partial charge in [-0.05, 0) is 31.2 Å². The van der Waals surface area contributed by atoms with E-state index in [2.05, 4.69) is 14.9 Å². The zero-order chi connectivity index (χ0) is 10.6. The molecule has 0 unspecified atom stereocenters. The lowest BCUT2D eigenvalue weighted by Crippen LogP contribution is -2.26. The summed E-state index contributed by atoms with van der Waals surface area (Å²) in [5.41, 5.74) is 0.441. The fourth-order valence-corrected chi connectivity index (χ4v) is 2.06. The van der Waals surface area contributed by atoms with E-state index in [-0.39, 0.29) is 0 Å². The van der Waals surface area contributed by atoms with Crippen LogP contribution in [0.4, 0.5) is 0 Å². The summed E-state index contributed by atoms with van der Waals surface area (Å²) in [6.45, 7) is 3.19. The number of aryl methyl sites for hydroxylation is 1. The molecule has 4 heteroatoms. The molecule has 0 saturated heterocycles. The van der Waals surface area contributed by atoms with E-state index in [0.29, 0.717) is 5.41 Å². The van der Waals surface area contributed by atoms with Gasteiger partial charge < -0.3 is 9.88 Å². The highest BCUT2D eigenvalue weighted by Gasteiger charge is 2.40. The van der Waals surface area contributed by atoms with Gasteiger partial charge >= 0.3 is 0 Å². The smallest absolute Gasteiger partial charge is 0.0945 e. The first-order valence-corrected chi connectivity index (χ1v) is 6.11. The fourth-order valence-electron chi connectivity index (χ4n) is 1.69. The summed E-state index contributed by atoms with van der Waals surface area (Å²) in [6, 6.07) is 0. The molecule has 0 radical (unpaired) electrons. The van der Waals surface area contributed by atoms with Gasteiger partial charge in [-0.1, -0.05) is 0 Å². The summed E-state index contributed by atoms with van der Waals surface area (Å²) in [4.78, 5) is 4.01. The summed E-state index contributed by atoms with van der Waals surface area (Å²) < 4.78 is 2.11. The second-order valence-corrected chi connectivity index (χ2v) is 4.73. The molecule has 1 aliphatic rings. The molecule has 1 aromatic heterocycles. The van der Waals surface area contributed by atoms with Gasteiger partial charge in [-0.15, -0.1) is 11.6 Å². The Morgan fingerprint density at radius 1 is 1.47 bits per heavy atom. The number of nitrogens with one attached hydrogen (secondary N) is 1. The van der Waals surface area contributed by atoms with Gasteiger partial charge in [-0.3, -0.25) is 0 Å². The minimum absolute atomic E-state index is 0.441. The third-order valence-electron chi connectivity index (χ3n) is 3.07. The largest absolute Gasteiger partial charge is 0.337 e. The van der Waals surface area contributed by atoms with Crippen molar-refractivity contribution in [3.8, 4) is 0 Å². The lowest BCUT2D eigenvalue weighted by atomic mass is 10.1. The number of rotatable bonds is 7. The first-order chi connectivity index (χ1) is 7.35. The van der Waals surface area contributed by atoms with Crippen molar-refractivity contribution in [1.29, 1.82) is 0 Å². The fraction of sp³-hybridized carbons (Fsp3) is 0.727. The molecule has 0 spiro atoms. The van der Waals surface area contributed by atoms with Gasteiger partial charge in [0.2, 0.25) is 0 Å². The van der Waals surface area contributed by atoms with Crippen LogP contribution in [0.2, 0.25) is 0 Å². The molecule has 84 valence electrons. The number of hydrogen-bond donors (Lipinski definition) is 1. The van der Waals surface area contributed by atoms with Crippen molar-refractivity contribution in [3.63, 3.8) is 0 Å². The minimum Gasteiger partial charge on any atom is -0.337 e. The number of imidazole rings is 1. The first kappa shape index (κ1) is 11.0. The molecule has 1 aromatic rings. The molecule has 0 aromatic carbocycles. The molecule has 0 aliphatic heterocycles. The van der Waals surface area contributed by atoms with Crippen LogP contribution < -0.4 is 5.32 Å². The highest BCUT2D eigenvalue weighted by molar-refractivity contribution is 6.18. The normalized spacial score (nSPS) is 17.9. The second kappa shape index (κ2) is 4.99. The average Bonchev–Trinajstić information content (AvgIpc) is 2.85. The predicted octanol–water partition coefficient (Wildman–Crippen LogP) is 1.88. The molecule has 15 heavy (non-hydrogen) atoms. The third kappa shape index (κ3) is 3.21. The number of hydrogen-bond acceptors (Lipinski definition) is 2. The van der Waals surface area contributed by atoms with Crippen LogP contribution in [0.15, 0.2) is 18.7 Å². The Labute approximate surface area is 95.8 Å². The highest BCUT2D eigenvalue weighted by atomic mass is 35.5. The Hall–Kier alpha value is -0.540. The third-order valence-corrected chi connectivity index (χ3v) is 3.64. The Morgan fingerprint density at radius 3 is 2.93 bits per heavy atom. The van der Waals surface area contributed by atoms with E-state index in [4.69, 9.17) is 11.6 Å². The SMILES string of the molecule is ClCC1(CNCCCn2ccnc2)CC1. The predicted molar refractivity (Wildman–Crippen MR) is 62.1 cm³/mol. The van der Waals surface area contributed by atoms with Crippen LogP contribution in [0.25, 0.3) is 0 Å². The number of aromatic nitrogens is 2. The summed E-state index contributed by atoms with van der Waals surface area (Å²) in [7, 11) is 0. The molecule has 0 atom stereocenters.